The predicted molar refractivity (Wildman–Crippen MR) is 60.7 cm³/mol. The molecular formula is C11H15ClN2O2. The highest BCUT2D eigenvalue weighted by Crippen LogP contribution is 2.32. The first-order chi connectivity index (χ1) is 7.68. The average Bonchev–Trinajstić information content (AvgIpc) is 2.61. The van der Waals surface area contributed by atoms with Gasteiger partial charge in [0.1, 0.15) is 17.5 Å². The molecule has 2 rings (SSSR count). The standard InChI is InChI=1S/C11H15ClN2O2/c12-9-6-13-11(14(9)7-10(15)16)8-4-2-1-3-5-8/h6,8H,1-5,7H2,(H,15,16). The quantitative estimate of drug-likeness (QED) is 0.887. The molecule has 0 amide bonds. The van der Waals surface area contributed by atoms with Gasteiger partial charge in [-0.2, -0.15) is 0 Å². The summed E-state index contributed by atoms with van der Waals surface area (Å²) >= 11 is 5.95. The fraction of sp³-hybridized carbons (Fsp3) is 0.636. The molecule has 88 valence electrons. The van der Waals surface area contributed by atoms with E-state index in [0.29, 0.717) is 11.1 Å². The maximum atomic E-state index is 10.7. The van der Waals surface area contributed by atoms with Crippen LogP contribution in [0.2, 0.25) is 5.15 Å². The van der Waals surface area contributed by atoms with E-state index in [1.165, 1.54) is 19.3 Å². The number of nitrogens with zero attached hydrogens (tertiary/aromatic N) is 2. The fourth-order valence-electron chi connectivity index (χ4n) is 2.35. The van der Waals surface area contributed by atoms with Crippen molar-refractivity contribution in [1.82, 2.24) is 9.55 Å². The zero-order valence-corrected chi connectivity index (χ0v) is 9.78. The van der Waals surface area contributed by atoms with Crippen LogP contribution in [0.5, 0.6) is 0 Å². The van der Waals surface area contributed by atoms with Gasteiger partial charge in [-0.15, -0.1) is 0 Å². The second-order valence-electron chi connectivity index (χ2n) is 4.25. The summed E-state index contributed by atoms with van der Waals surface area (Å²) in [5, 5.41) is 9.24. The Morgan fingerprint density at radius 3 is 2.81 bits per heavy atom. The fourth-order valence-corrected chi connectivity index (χ4v) is 2.54. The van der Waals surface area contributed by atoms with E-state index in [4.69, 9.17) is 16.7 Å². The van der Waals surface area contributed by atoms with Gasteiger partial charge >= 0.3 is 5.97 Å². The second kappa shape index (κ2) is 4.87. The summed E-state index contributed by atoms with van der Waals surface area (Å²) < 4.78 is 1.61. The van der Waals surface area contributed by atoms with Crippen LogP contribution in [0.25, 0.3) is 0 Å². The molecule has 1 aromatic heterocycles. The van der Waals surface area contributed by atoms with Crippen LogP contribution in [0.15, 0.2) is 6.20 Å². The van der Waals surface area contributed by atoms with Crippen LogP contribution in [0.1, 0.15) is 43.8 Å². The van der Waals surface area contributed by atoms with Gasteiger partial charge in [-0.3, -0.25) is 4.79 Å². The lowest BCUT2D eigenvalue weighted by atomic mass is 9.88. The molecule has 1 heterocycles. The molecular weight excluding hydrogens is 228 g/mol. The number of hydrogen-bond donors (Lipinski definition) is 1. The number of rotatable bonds is 3. The summed E-state index contributed by atoms with van der Waals surface area (Å²) in [6, 6.07) is 0. The van der Waals surface area contributed by atoms with E-state index < -0.39 is 5.97 Å². The topological polar surface area (TPSA) is 55.1 Å². The first kappa shape index (κ1) is 11.5. The highest BCUT2D eigenvalue weighted by Gasteiger charge is 2.22. The third-order valence-corrected chi connectivity index (χ3v) is 3.40. The lowest BCUT2D eigenvalue weighted by molar-refractivity contribution is -0.137. The molecule has 4 nitrogen and oxygen atoms in total. The van der Waals surface area contributed by atoms with Gasteiger partial charge in [0, 0.05) is 5.92 Å². The molecule has 1 N–H and O–H groups in total. The highest BCUT2D eigenvalue weighted by molar-refractivity contribution is 6.29. The van der Waals surface area contributed by atoms with E-state index in [9.17, 15) is 4.79 Å². The molecule has 1 aliphatic rings. The molecule has 0 bridgehead atoms. The smallest absolute Gasteiger partial charge is 0.323 e. The highest BCUT2D eigenvalue weighted by atomic mass is 35.5. The largest absolute Gasteiger partial charge is 0.480 e. The summed E-state index contributed by atoms with van der Waals surface area (Å²) in [7, 11) is 0. The first-order valence-corrected chi connectivity index (χ1v) is 5.99. The van der Waals surface area contributed by atoms with Crippen molar-refractivity contribution in [3.8, 4) is 0 Å². The van der Waals surface area contributed by atoms with E-state index in [2.05, 4.69) is 4.98 Å². The zero-order chi connectivity index (χ0) is 11.5. The lowest BCUT2D eigenvalue weighted by Crippen LogP contribution is -2.16. The van der Waals surface area contributed by atoms with Crippen molar-refractivity contribution in [2.24, 2.45) is 0 Å². The van der Waals surface area contributed by atoms with E-state index in [1.54, 1.807) is 10.8 Å². The number of carboxylic acid groups (broad SMARTS) is 1. The molecule has 0 spiro atoms. The Bertz CT molecular complexity index is 383. The molecule has 0 atom stereocenters. The Morgan fingerprint density at radius 1 is 1.50 bits per heavy atom. The van der Waals surface area contributed by atoms with Gasteiger partial charge in [0.05, 0.1) is 6.20 Å². The van der Waals surface area contributed by atoms with Gasteiger partial charge in [-0.25, -0.2) is 4.98 Å². The van der Waals surface area contributed by atoms with Gasteiger partial charge < -0.3 is 9.67 Å². The maximum absolute atomic E-state index is 10.7. The molecule has 0 aromatic carbocycles. The minimum Gasteiger partial charge on any atom is -0.480 e. The molecule has 0 aliphatic heterocycles. The monoisotopic (exact) mass is 242 g/mol. The van der Waals surface area contributed by atoms with Gasteiger partial charge in [0.15, 0.2) is 0 Å². The molecule has 0 unspecified atom stereocenters. The summed E-state index contributed by atoms with van der Waals surface area (Å²) in [6.07, 6.45) is 7.39. The number of aromatic nitrogens is 2. The van der Waals surface area contributed by atoms with Crippen LogP contribution < -0.4 is 0 Å². The Hall–Kier alpha value is -1.03. The van der Waals surface area contributed by atoms with E-state index in [-0.39, 0.29) is 6.54 Å². The van der Waals surface area contributed by atoms with Crippen molar-refractivity contribution in [3.63, 3.8) is 0 Å². The summed E-state index contributed by atoms with van der Waals surface area (Å²) in [4.78, 5) is 15.0. The molecule has 1 saturated carbocycles. The van der Waals surface area contributed by atoms with Crippen LogP contribution in [-0.4, -0.2) is 20.6 Å². The van der Waals surface area contributed by atoms with Crippen LogP contribution >= 0.6 is 11.6 Å². The van der Waals surface area contributed by atoms with Crippen molar-refractivity contribution in [1.29, 1.82) is 0 Å². The third-order valence-electron chi connectivity index (χ3n) is 3.10. The molecule has 0 saturated heterocycles. The number of hydrogen-bond acceptors (Lipinski definition) is 2. The van der Waals surface area contributed by atoms with Crippen molar-refractivity contribution < 1.29 is 9.90 Å². The maximum Gasteiger partial charge on any atom is 0.323 e. The van der Waals surface area contributed by atoms with Gasteiger partial charge in [-0.05, 0) is 12.8 Å². The summed E-state index contributed by atoms with van der Waals surface area (Å²) in [6.45, 7) is -0.0926. The molecule has 0 radical (unpaired) electrons. The Labute approximate surface area is 99.2 Å². The first-order valence-electron chi connectivity index (χ1n) is 5.61. The lowest BCUT2D eigenvalue weighted by Gasteiger charge is -2.21. The predicted octanol–water partition coefficient (Wildman–Crippen LogP) is 2.67. The SMILES string of the molecule is O=C(O)Cn1c(Cl)cnc1C1CCCCC1. The van der Waals surface area contributed by atoms with Crippen LogP contribution in [-0.2, 0) is 11.3 Å². The Balaban J connectivity index is 2.22. The zero-order valence-electron chi connectivity index (χ0n) is 9.03. The number of carboxylic acids is 1. The normalized spacial score (nSPS) is 17.6. The summed E-state index contributed by atoms with van der Waals surface area (Å²) in [5.41, 5.74) is 0. The molecule has 1 fully saturated rings. The Kier molecular flexibility index (Phi) is 3.49. The van der Waals surface area contributed by atoms with Crippen LogP contribution in [0.4, 0.5) is 0 Å². The molecule has 1 aliphatic carbocycles. The van der Waals surface area contributed by atoms with Crippen molar-refractivity contribution in [2.45, 2.75) is 44.6 Å². The number of imidazole rings is 1. The van der Waals surface area contributed by atoms with Crippen LogP contribution in [0, 0.1) is 0 Å². The number of halogens is 1. The molecule has 16 heavy (non-hydrogen) atoms. The third kappa shape index (κ3) is 2.38. The van der Waals surface area contributed by atoms with Crippen molar-refractivity contribution in [2.75, 3.05) is 0 Å². The average molecular weight is 243 g/mol. The minimum absolute atomic E-state index is 0.0926. The van der Waals surface area contributed by atoms with Crippen LogP contribution in [0.3, 0.4) is 0 Å². The van der Waals surface area contributed by atoms with Gasteiger partial charge in [-0.1, -0.05) is 30.9 Å². The number of aliphatic carboxylic acids is 1. The molecule has 1 aromatic rings. The van der Waals surface area contributed by atoms with E-state index >= 15 is 0 Å². The second-order valence-corrected chi connectivity index (χ2v) is 4.64. The molecule has 5 heteroatoms. The van der Waals surface area contributed by atoms with Crippen molar-refractivity contribution in [3.05, 3.63) is 17.2 Å². The van der Waals surface area contributed by atoms with Gasteiger partial charge in [0.2, 0.25) is 0 Å². The number of carbonyl (C=O) groups is 1. The van der Waals surface area contributed by atoms with Gasteiger partial charge in [0.25, 0.3) is 0 Å². The van der Waals surface area contributed by atoms with Crippen molar-refractivity contribution >= 4 is 17.6 Å². The Morgan fingerprint density at radius 2 is 2.19 bits per heavy atom. The summed E-state index contributed by atoms with van der Waals surface area (Å²) in [5.74, 6) is 0.338. The van der Waals surface area contributed by atoms with E-state index in [0.717, 1.165) is 18.7 Å². The minimum atomic E-state index is -0.878. The van der Waals surface area contributed by atoms with E-state index in [1.807, 2.05) is 0 Å².